The molecule has 0 fully saturated rings. The van der Waals surface area contributed by atoms with Crippen LogP contribution in [0.1, 0.15) is 0 Å². The lowest BCUT2D eigenvalue weighted by atomic mass is 10.2. The molecule has 0 spiro atoms. The zero-order valence-electron chi connectivity index (χ0n) is 12.2. The third-order valence-corrected chi connectivity index (χ3v) is 4.86. The van der Waals surface area contributed by atoms with Crippen molar-refractivity contribution in [3.05, 3.63) is 48.5 Å². The Morgan fingerprint density at radius 3 is 2.61 bits per heavy atom. The van der Waals surface area contributed by atoms with Gasteiger partial charge in [0.15, 0.2) is 6.17 Å². The molecule has 120 valence electrons. The lowest BCUT2D eigenvalue weighted by molar-refractivity contribution is -0.117. The highest BCUT2D eigenvalue weighted by atomic mass is 32.2. The molecule has 23 heavy (non-hydrogen) atoms. The Morgan fingerprint density at radius 1 is 1.13 bits per heavy atom. The highest BCUT2D eigenvalue weighted by molar-refractivity contribution is 7.89. The van der Waals surface area contributed by atoms with Gasteiger partial charge in [-0.2, -0.15) is 4.72 Å². The first-order valence-electron chi connectivity index (χ1n) is 6.83. The van der Waals surface area contributed by atoms with Crippen LogP contribution in [-0.4, -0.2) is 27.6 Å². The fraction of sp³-hybridized carbons (Fsp3) is 0.133. The van der Waals surface area contributed by atoms with E-state index < -0.39 is 22.1 Å². The van der Waals surface area contributed by atoms with E-state index >= 15 is 0 Å². The Hall–Kier alpha value is -2.58. The Balaban J connectivity index is 1.85. The monoisotopic (exact) mass is 333 g/mol. The third kappa shape index (κ3) is 2.99. The van der Waals surface area contributed by atoms with Crippen LogP contribution in [0.4, 0.5) is 11.4 Å². The average molecular weight is 333 g/mol. The van der Waals surface area contributed by atoms with E-state index in [1.54, 1.807) is 42.5 Å². The Labute approximate surface area is 133 Å². The third-order valence-electron chi connectivity index (χ3n) is 3.38. The summed E-state index contributed by atoms with van der Waals surface area (Å²) in [5.41, 5.74) is 0.839. The number of methoxy groups -OCH3 is 1. The van der Waals surface area contributed by atoms with Gasteiger partial charge in [-0.3, -0.25) is 4.79 Å². The second-order valence-corrected chi connectivity index (χ2v) is 6.57. The molecule has 1 aliphatic rings. The molecule has 0 aliphatic carbocycles. The van der Waals surface area contributed by atoms with Gasteiger partial charge in [0.05, 0.1) is 18.5 Å². The maximum Gasteiger partial charge on any atom is 0.263 e. The van der Waals surface area contributed by atoms with E-state index in [1.165, 1.54) is 13.2 Å². The van der Waals surface area contributed by atoms with E-state index in [9.17, 15) is 13.2 Å². The number of carbonyl (C=O) groups is 1. The first-order valence-corrected chi connectivity index (χ1v) is 8.31. The molecule has 0 bridgehead atoms. The molecule has 8 heteroatoms. The van der Waals surface area contributed by atoms with Crippen LogP contribution in [0, 0.1) is 0 Å². The molecule has 2 aromatic carbocycles. The quantitative estimate of drug-likeness (QED) is 0.788. The van der Waals surface area contributed by atoms with Crippen molar-refractivity contribution in [3.8, 4) is 5.75 Å². The van der Waals surface area contributed by atoms with E-state index in [2.05, 4.69) is 15.4 Å². The number of hydrogen-bond acceptors (Lipinski definition) is 5. The summed E-state index contributed by atoms with van der Waals surface area (Å²) in [6, 6.07) is 13.3. The molecule has 7 nitrogen and oxygen atoms in total. The molecule has 0 radical (unpaired) electrons. The van der Waals surface area contributed by atoms with Crippen LogP contribution >= 0.6 is 0 Å². The van der Waals surface area contributed by atoms with Crippen LogP contribution in [0.25, 0.3) is 0 Å². The first kappa shape index (κ1) is 15.3. The predicted molar refractivity (Wildman–Crippen MR) is 85.8 cm³/mol. The maximum atomic E-state index is 12.4. The van der Waals surface area contributed by atoms with Crippen LogP contribution in [0.3, 0.4) is 0 Å². The fourth-order valence-corrected chi connectivity index (χ4v) is 3.57. The van der Waals surface area contributed by atoms with E-state index in [-0.39, 0.29) is 4.90 Å². The first-order chi connectivity index (χ1) is 11.0. The molecule has 1 heterocycles. The maximum absolute atomic E-state index is 12.4. The largest absolute Gasteiger partial charge is 0.495 e. The van der Waals surface area contributed by atoms with Crippen LogP contribution in [0.15, 0.2) is 53.4 Å². The number of anilines is 2. The van der Waals surface area contributed by atoms with E-state index in [1.807, 2.05) is 0 Å². The van der Waals surface area contributed by atoms with Crippen molar-refractivity contribution < 1.29 is 17.9 Å². The number of benzene rings is 2. The van der Waals surface area contributed by atoms with Crippen molar-refractivity contribution in [3.63, 3.8) is 0 Å². The van der Waals surface area contributed by atoms with Gasteiger partial charge in [0, 0.05) is 0 Å². The van der Waals surface area contributed by atoms with Gasteiger partial charge in [-0.25, -0.2) is 8.42 Å². The van der Waals surface area contributed by atoms with Gasteiger partial charge in [0.25, 0.3) is 5.91 Å². The number of carbonyl (C=O) groups excluding carboxylic acids is 1. The van der Waals surface area contributed by atoms with Gasteiger partial charge >= 0.3 is 0 Å². The van der Waals surface area contributed by atoms with Gasteiger partial charge in [-0.15, -0.1) is 0 Å². The molecule has 1 aliphatic heterocycles. The highest BCUT2D eigenvalue weighted by Gasteiger charge is 2.33. The lowest BCUT2D eigenvalue weighted by Gasteiger charge is -2.27. The summed E-state index contributed by atoms with van der Waals surface area (Å²) < 4.78 is 31.9. The Kier molecular flexibility index (Phi) is 3.93. The van der Waals surface area contributed by atoms with Gasteiger partial charge in [0.1, 0.15) is 10.6 Å². The number of sulfonamides is 1. The predicted octanol–water partition coefficient (Wildman–Crippen LogP) is 1.36. The number of para-hydroxylation sites is 3. The van der Waals surface area contributed by atoms with E-state index in [4.69, 9.17) is 4.74 Å². The molecule has 3 rings (SSSR count). The summed E-state index contributed by atoms with van der Waals surface area (Å²) in [7, 11) is -2.26. The topological polar surface area (TPSA) is 96.5 Å². The Bertz CT molecular complexity index is 851. The summed E-state index contributed by atoms with van der Waals surface area (Å²) in [4.78, 5) is 12.5. The average Bonchev–Trinajstić information content (AvgIpc) is 2.54. The molecule has 1 amide bonds. The van der Waals surface area contributed by atoms with Crippen molar-refractivity contribution in [2.75, 3.05) is 17.7 Å². The lowest BCUT2D eigenvalue weighted by Crippen LogP contribution is -2.51. The molecule has 0 saturated carbocycles. The fourth-order valence-electron chi connectivity index (χ4n) is 2.30. The number of fused-ring (bicyclic) bond motifs is 1. The normalized spacial score (nSPS) is 18.4. The second kappa shape index (κ2) is 5.90. The summed E-state index contributed by atoms with van der Waals surface area (Å²) in [5.74, 6) is -0.0486. The minimum Gasteiger partial charge on any atom is -0.495 e. The van der Waals surface area contributed by atoms with Crippen molar-refractivity contribution in [2.45, 2.75) is 11.1 Å². The van der Waals surface area contributed by atoms with Crippen LogP contribution in [-0.2, 0) is 14.8 Å². The van der Waals surface area contributed by atoms with Crippen LogP contribution < -0.4 is 20.1 Å². The molecule has 1 unspecified atom stereocenters. The SMILES string of the molecule is COc1ccccc1NC(=O)C1Nc2ccccc2S(=O)(=O)N1. The summed E-state index contributed by atoms with van der Waals surface area (Å²) in [6.07, 6.45) is -1.11. The van der Waals surface area contributed by atoms with Gasteiger partial charge in [0.2, 0.25) is 10.0 Å². The minimum atomic E-state index is -3.75. The van der Waals surface area contributed by atoms with Crippen molar-refractivity contribution in [2.24, 2.45) is 0 Å². The number of ether oxygens (including phenoxy) is 1. The van der Waals surface area contributed by atoms with Crippen LogP contribution in [0.2, 0.25) is 0 Å². The molecule has 3 N–H and O–H groups in total. The Morgan fingerprint density at radius 2 is 1.83 bits per heavy atom. The van der Waals surface area contributed by atoms with Gasteiger partial charge in [-0.05, 0) is 24.3 Å². The van der Waals surface area contributed by atoms with Crippen molar-refractivity contribution >= 4 is 27.3 Å². The molecule has 0 saturated heterocycles. The number of nitrogens with one attached hydrogen (secondary N) is 3. The standard InChI is InChI=1S/C15H15N3O4S/c1-22-12-8-4-2-6-10(12)17-15(19)14-16-11-7-3-5-9-13(11)23(20,21)18-14/h2-9,14,16,18H,1H3,(H,17,19). The molecule has 0 aromatic heterocycles. The zero-order valence-corrected chi connectivity index (χ0v) is 13.1. The molecule has 2 aromatic rings. The second-order valence-electron chi connectivity index (χ2n) is 4.88. The van der Waals surface area contributed by atoms with Crippen molar-refractivity contribution in [1.29, 1.82) is 0 Å². The van der Waals surface area contributed by atoms with Crippen LogP contribution in [0.5, 0.6) is 5.75 Å². The molecular weight excluding hydrogens is 318 g/mol. The zero-order chi connectivity index (χ0) is 16.4. The van der Waals surface area contributed by atoms with Gasteiger partial charge < -0.3 is 15.4 Å². The highest BCUT2D eigenvalue weighted by Crippen LogP contribution is 2.27. The summed E-state index contributed by atoms with van der Waals surface area (Å²) in [6.45, 7) is 0. The smallest absolute Gasteiger partial charge is 0.263 e. The molecular formula is C15H15N3O4S. The summed E-state index contributed by atoms with van der Waals surface area (Å²) >= 11 is 0. The van der Waals surface area contributed by atoms with Crippen molar-refractivity contribution in [1.82, 2.24) is 4.72 Å². The molecule has 1 atom stereocenters. The van der Waals surface area contributed by atoms with Gasteiger partial charge in [-0.1, -0.05) is 24.3 Å². The minimum absolute atomic E-state index is 0.112. The number of amides is 1. The number of rotatable bonds is 3. The van der Waals surface area contributed by atoms with E-state index in [0.29, 0.717) is 17.1 Å². The summed E-state index contributed by atoms with van der Waals surface area (Å²) in [5, 5.41) is 5.51. The number of hydrogen-bond donors (Lipinski definition) is 3. The van der Waals surface area contributed by atoms with E-state index in [0.717, 1.165) is 0 Å².